The number of aliphatic hydroxyl groups excluding tert-OH is 1. The Kier molecular flexibility index (Phi) is 8.16. The van der Waals surface area contributed by atoms with Gasteiger partial charge in [-0.1, -0.05) is 26.8 Å². The minimum absolute atomic E-state index is 0.00507. The zero-order valence-corrected chi connectivity index (χ0v) is 20.0. The molecule has 1 heterocycles. The maximum absolute atomic E-state index is 12.8. The van der Waals surface area contributed by atoms with E-state index in [2.05, 4.69) is 24.5 Å². The van der Waals surface area contributed by atoms with Crippen LogP contribution in [0.3, 0.4) is 0 Å². The molecule has 0 aliphatic heterocycles. The molecule has 0 bridgehead atoms. The summed E-state index contributed by atoms with van der Waals surface area (Å²) in [5.74, 6) is -0.0701. The summed E-state index contributed by atoms with van der Waals surface area (Å²) in [5.41, 5.74) is 0.0518. The average Bonchev–Trinajstić information content (AvgIpc) is 3.26. The second-order valence-corrected chi connectivity index (χ2v) is 10.8. The van der Waals surface area contributed by atoms with Crippen LogP contribution in [0.2, 0.25) is 0 Å². The Morgan fingerprint density at radius 2 is 2.10 bits per heavy atom. The first-order valence-electron chi connectivity index (χ1n) is 11.5. The van der Waals surface area contributed by atoms with Gasteiger partial charge in [0.05, 0.1) is 19.3 Å². The molecule has 2 aliphatic carbocycles. The molecular weight excluding hydrogens is 412 g/mol. The summed E-state index contributed by atoms with van der Waals surface area (Å²) in [6.45, 7) is 7.32. The molecule has 3 rings (SSSR count). The highest BCUT2D eigenvalue weighted by Crippen LogP contribution is 2.55. The Morgan fingerprint density at radius 1 is 1.35 bits per heavy atom. The van der Waals surface area contributed by atoms with E-state index in [4.69, 9.17) is 4.74 Å². The van der Waals surface area contributed by atoms with E-state index in [0.29, 0.717) is 19.6 Å². The third kappa shape index (κ3) is 5.49. The number of hydrogen-bond donors (Lipinski definition) is 3. The minimum atomic E-state index is -0.546. The summed E-state index contributed by atoms with van der Waals surface area (Å²) in [6.07, 6.45) is 3.60. The monoisotopic (exact) mass is 450 g/mol. The lowest BCUT2D eigenvalue weighted by atomic mass is 9.51. The van der Waals surface area contributed by atoms with Crippen molar-refractivity contribution in [1.82, 2.24) is 10.6 Å². The SMILES string of the molecule is COCCC(=O)N[C@H]1CC[C@]2(C)CC[C@H]([C@H](C)C(=O)NCc3cccs3)[C@H](O)[C@H]2[C@@H]1C. The number of amides is 2. The summed E-state index contributed by atoms with van der Waals surface area (Å²) < 4.78 is 5.02. The van der Waals surface area contributed by atoms with E-state index in [1.54, 1.807) is 18.4 Å². The largest absolute Gasteiger partial charge is 0.392 e. The molecule has 0 radical (unpaired) electrons. The van der Waals surface area contributed by atoms with Gasteiger partial charge < -0.3 is 20.5 Å². The molecule has 7 heteroatoms. The van der Waals surface area contributed by atoms with E-state index in [0.717, 1.165) is 30.6 Å². The maximum Gasteiger partial charge on any atom is 0.223 e. The van der Waals surface area contributed by atoms with Crippen molar-refractivity contribution < 1.29 is 19.4 Å². The highest BCUT2D eigenvalue weighted by atomic mass is 32.1. The van der Waals surface area contributed by atoms with Gasteiger partial charge in [-0.05, 0) is 60.3 Å². The number of carbonyl (C=O) groups is 2. The van der Waals surface area contributed by atoms with Gasteiger partial charge in [-0.2, -0.15) is 0 Å². The van der Waals surface area contributed by atoms with E-state index >= 15 is 0 Å². The molecule has 2 fully saturated rings. The zero-order chi connectivity index (χ0) is 22.6. The zero-order valence-electron chi connectivity index (χ0n) is 19.2. The van der Waals surface area contributed by atoms with E-state index in [9.17, 15) is 14.7 Å². The molecular formula is C24H38N2O4S. The number of fused-ring (bicyclic) bond motifs is 1. The van der Waals surface area contributed by atoms with Crippen LogP contribution in [0.5, 0.6) is 0 Å². The maximum atomic E-state index is 12.8. The molecule has 2 aliphatic rings. The molecule has 6 nitrogen and oxygen atoms in total. The van der Waals surface area contributed by atoms with Crippen molar-refractivity contribution in [2.45, 2.75) is 71.6 Å². The Labute approximate surface area is 190 Å². The molecule has 1 aromatic heterocycles. The first kappa shape index (κ1) is 24.2. The van der Waals surface area contributed by atoms with Crippen molar-refractivity contribution in [2.24, 2.45) is 29.1 Å². The number of rotatable bonds is 8. The van der Waals surface area contributed by atoms with Gasteiger partial charge >= 0.3 is 0 Å². The molecule has 31 heavy (non-hydrogen) atoms. The standard InChI is InChI=1S/C24H38N2O4S/c1-15(23(29)25-14-17-6-5-13-31-17)18-7-10-24(3)11-8-19(16(2)21(24)22(18)28)26-20(27)9-12-30-4/h5-6,13,15-16,18-19,21-22,28H,7-12,14H2,1-4H3,(H,25,29)(H,26,27)/t15-,16+,18+,19-,21+,22-,24-/m0/s1. The Balaban J connectivity index is 1.64. The summed E-state index contributed by atoms with van der Waals surface area (Å²) in [5, 5.41) is 19.7. The predicted molar refractivity (Wildman–Crippen MR) is 122 cm³/mol. The van der Waals surface area contributed by atoms with Crippen molar-refractivity contribution in [1.29, 1.82) is 0 Å². The number of thiophene rings is 1. The fourth-order valence-corrected chi connectivity index (χ4v) is 6.56. The Morgan fingerprint density at radius 3 is 2.77 bits per heavy atom. The third-order valence-corrected chi connectivity index (χ3v) is 8.72. The quantitative estimate of drug-likeness (QED) is 0.567. The molecule has 7 atom stereocenters. The second-order valence-electron chi connectivity index (χ2n) is 9.77. The van der Waals surface area contributed by atoms with Gasteiger partial charge in [0.2, 0.25) is 11.8 Å². The lowest BCUT2D eigenvalue weighted by Crippen LogP contribution is -2.58. The molecule has 2 amide bonds. The molecule has 0 saturated heterocycles. The molecule has 174 valence electrons. The number of methoxy groups -OCH3 is 1. The third-order valence-electron chi connectivity index (χ3n) is 7.84. The highest BCUT2D eigenvalue weighted by molar-refractivity contribution is 7.09. The number of aliphatic hydroxyl groups is 1. The summed E-state index contributed by atoms with van der Waals surface area (Å²) in [4.78, 5) is 26.2. The summed E-state index contributed by atoms with van der Waals surface area (Å²) in [7, 11) is 1.60. The summed E-state index contributed by atoms with van der Waals surface area (Å²) >= 11 is 1.63. The lowest BCUT2D eigenvalue weighted by Gasteiger charge is -2.56. The van der Waals surface area contributed by atoms with E-state index < -0.39 is 6.10 Å². The van der Waals surface area contributed by atoms with Gasteiger partial charge in [0.1, 0.15) is 0 Å². The molecule has 0 unspecified atom stereocenters. The Bertz CT molecular complexity index is 740. The van der Waals surface area contributed by atoms with Crippen molar-refractivity contribution in [2.75, 3.05) is 13.7 Å². The fraction of sp³-hybridized carbons (Fsp3) is 0.750. The van der Waals surface area contributed by atoms with Crippen LogP contribution in [0.25, 0.3) is 0 Å². The number of carbonyl (C=O) groups excluding carboxylic acids is 2. The van der Waals surface area contributed by atoms with Crippen LogP contribution in [0.4, 0.5) is 0 Å². The van der Waals surface area contributed by atoms with Crippen molar-refractivity contribution >= 4 is 23.2 Å². The first-order valence-corrected chi connectivity index (χ1v) is 12.4. The fourth-order valence-electron chi connectivity index (χ4n) is 5.91. The van der Waals surface area contributed by atoms with Gasteiger partial charge in [-0.15, -0.1) is 11.3 Å². The van der Waals surface area contributed by atoms with Gasteiger partial charge in [0, 0.05) is 30.4 Å². The van der Waals surface area contributed by atoms with Crippen LogP contribution >= 0.6 is 11.3 Å². The van der Waals surface area contributed by atoms with Crippen LogP contribution < -0.4 is 10.6 Å². The average molecular weight is 451 g/mol. The Hall–Kier alpha value is -1.44. The van der Waals surface area contributed by atoms with E-state index in [1.165, 1.54) is 0 Å². The van der Waals surface area contributed by atoms with Crippen LogP contribution in [0, 0.1) is 29.1 Å². The smallest absolute Gasteiger partial charge is 0.223 e. The van der Waals surface area contributed by atoms with Gasteiger partial charge in [0.15, 0.2) is 0 Å². The predicted octanol–water partition coefficient (Wildman–Crippen LogP) is 3.35. The first-order chi connectivity index (χ1) is 14.8. The van der Waals surface area contributed by atoms with E-state index in [-0.39, 0.29) is 46.9 Å². The van der Waals surface area contributed by atoms with Crippen molar-refractivity contribution in [3.63, 3.8) is 0 Å². The van der Waals surface area contributed by atoms with Crippen LogP contribution in [-0.4, -0.2) is 42.8 Å². The molecule has 0 aromatic carbocycles. The van der Waals surface area contributed by atoms with E-state index in [1.807, 2.05) is 24.4 Å². The van der Waals surface area contributed by atoms with Crippen LogP contribution in [-0.2, 0) is 20.9 Å². The number of nitrogens with one attached hydrogen (secondary N) is 2. The normalized spacial score (nSPS) is 33.9. The molecule has 0 spiro atoms. The topological polar surface area (TPSA) is 87.7 Å². The molecule has 1 aromatic rings. The highest BCUT2D eigenvalue weighted by Gasteiger charge is 2.53. The second kappa shape index (κ2) is 10.5. The van der Waals surface area contributed by atoms with Crippen LogP contribution in [0.15, 0.2) is 17.5 Å². The van der Waals surface area contributed by atoms with Crippen LogP contribution in [0.1, 0.15) is 57.8 Å². The molecule has 3 N–H and O–H groups in total. The van der Waals surface area contributed by atoms with Gasteiger partial charge in [0.25, 0.3) is 0 Å². The van der Waals surface area contributed by atoms with Gasteiger partial charge in [-0.25, -0.2) is 0 Å². The van der Waals surface area contributed by atoms with Crippen molar-refractivity contribution in [3.8, 4) is 0 Å². The number of hydrogen-bond acceptors (Lipinski definition) is 5. The molecule has 2 saturated carbocycles. The minimum Gasteiger partial charge on any atom is -0.392 e. The van der Waals surface area contributed by atoms with Crippen molar-refractivity contribution in [3.05, 3.63) is 22.4 Å². The van der Waals surface area contributed by atoms with Gasteiger partial charge in [-0.3, -0.25) is 9.59 Å². The lowest BCUT2D eigenvalue weighted by molar-refractivity contribution is -0.144. The number of ether oxygens (including phenoxy) is 1. The summed E-state index contributed by atoms with van der Waals surface area (Å²) in [6, 6.07) is 4.05.